The third kappa shape index (κ3) is 5.19. The second-order valence-electron chi connectivity index (χ2n) is 10.2. The van der Waals surface area contributed by atoms with Crippen molar-refractivity contribution in [1.29, 1.82) is 0 Å². The number of aliphatic hydroxyl groups is 1. The Hall–Kier alpha value is -2.95. The summed E-state index contributed by atoms with van der Waals surface area (Å²) in [6.07, 6.45) is -2.16. The van der Waals surface area contributed by atoms with E-state index in [9.17, 15) is 27.5 Å². The molecule has 1 atom stereocenters. The van der Waals surface area contributed by atoms with Gasteiger partial charge in [-0.2, -0.15) is 18.3 Å². The molecule has 0 saturated carbocycles. The number of amides is 1. The number of nitrogens with zero attached hydrogens (tertiary/aromatic N) is 4. The summed E-state index contributed by atoms with van der Waals surface area (Å²) in [5.41, 5.74) is -2.70. The molecule has 0 bridgehead atoms. The van der Waals surface area contributed by atoms with Crippen molar-refractivity contribution in [3.8, 4) is 0 Å². The highest BCUT2D eigenvalue weighted by molar-refractivity contribution is 6.25. The number of carbonyl (C=O) groups excluding carboxylic acids is 1. The monoisotopic (exact) mass is 495 g/mol. The van der Waals surface area contributed by atoms with E-state index in [0.29, 0.717) is 50.2 Å². The van der Waals surface area contributed by atoms with Gasteiger partial charge in [-0.15, -0.1) is 0 Å². The first-order valence-corrected chi connectivity index (χ1v) is 11.5. The van der Waals surface area contributed by atoms with Crippen LogP contribution in [0.2, 0.25) is 0 Å². The lowest BCUT2D eigenvalue weighted by Gasteiger charge is -2.38. The first-order valence-electron chi connectivity index (χ1n) is 11.5. The van der Waals surface area contributed by atoms with Crippen molar-refractivity contribution < 1.29 is 27.5 Å². The number of fused-ring (bicyclic) bond motifs is 1. The van der Waals surface area contributed by atoms with Gasteiger partial charge in [-0.1, -0.05) is 12.1 Å². The van der Waals surface area contributed by atoms with Crippen molar-refractivity contribution in [3.05, 3.63) is 46.8 Å². The molecule has 0 unspecified atom stereocenters. The Morgan fingerprint density at radius 3 is 2.49 bits per heavy atom. The molecular weight excluding hydrogens is 466 g/mol. The van der Waals surface area contributed by atoms with Crippen LogP contribution in [-0.4, -0.2) is 63.4 Å². The van der Waals surface area contributed by atoms with E-state index in [4.69, 9.17) is 0 Å². The minimum Gasteiger partial charge on any atom is -0.390 e. The molecule has 7 nitrogen and oxygen atoms in total. The van der Waals surface area contributed by atoms with Gasteiger partial charge in [-0.25, -0.2) is 9.40 Å². The third-order valence-corrected chi connectivity index (χ3v) is 6.48. The zero-order valence-corrected chi connectivity index (χ0v) is 20.1. The van der Waals surface area contributed by atoms with Gasteiger partial charge in [0, 0.05) is 18.7 Å². The number of likely N-dealkylation sites (tertiary alicyclic amines) is 1. The van der Waals surface area contributed by atoms with Crippen LogP contribution in [0, 0.1) is 5.82 Å². The molecule has 1 saturated heterocycles. The van der Waals surface area contributed by atoms with Gasteiger partial charge < -0.3 is 15.3 Å². The number of rotatable bonds is 3. The Labute approximate surface area is 201 Å². The fraction of sp³-hybridized carbons (Fsp3) is 0.542. The van der Waals surface area contributed by atoms with Gasteiger partial charge in [0.05, 0.1) is 34.9 Å². The number of carbonyl (C=O) groups is 1. The molecular formula is C24H29F4N5O2. The van der Waals surface area contributed by atoms with Crippen LogP contribution >= 0.6 is 0 Å². The Balaban J connectivity index is 1.61. The van der Waals surface area contributed by atoms with Crippen molar-refractivity contribution in [1.82, 2.24) is 15.2 Å². The van der Waals surface area contributed by atoms with Crippen LogP contribution in [0.25, 0.3) is 0 Å². The topological polar surface area (TPSA) is 80.5 Å². The van der Waals surface area contributed by atoms with Gasteiger partial charge in [0.25, 0.3) is 5.91 Å². The van der Waals surface area contributed by atoms with E-state index in [1.165, 1.54) is 13.0 Å². The second kappa shape index (κ2) is 8.61. The third-order valence-electron chi connectivity index (χ3n) is 6.48. The molecule has 4 rings (SSSR count). The number of amidine groups is 2. The molecule has 0 radical (unpaired) electrons. The molecule has 35 heavy (non-hydrogen) atoms. The van der Waals surface area contributed by atoms with E-state index < -0.39 is 40.6 Å². The number of aliphatic imine (C=N–C) groups is 1. The lowest BCUT2D eigenvalue weighted by Crippen LogP contribution is -2.47. The zero-order chi connectivity index (χ0) is 25.8. The molecule has 1 fully saturated rings. The standard InChI is InChI=1S/C24H29F4N5O2/c1-14(15-6-5-7-17(19(15)25)24(26,27)28)29-21(34)16-12-18(32-10-8-23(4,35)9-11-32)31-33-13-22(2,3)30-20(16)33/h5-7,12,14,35H,8-11,13H2,1-4H3,(H,29,34)/t14-/m1/s1. The Bertz CT molecular complexity index is 1110. The van der Waals surface area contributed by atoms with Crippen molar-refractivity contribution in [3.63, 3.8) is 0 Å². The van der Waals surface area contributed by atoms with Crippen LogP contribution in [0.15, 0.2) is 39.9 Å². The molecule has 3 heterocycles. The molecule has 2 N–H and O–H groups in total. The number of hydrogen-bond acceptors (Lipinski definition) is 6. The smallest absolute Gasteiger partial charge is 0.390 e. The summed E-state index contributed by atoms with van der Waals surface area (Å²) < 4.78 is 54.1. The van der Waals surface area contributed by atoms with E-state index in [1.54, 1.807) is 18.0 Å². The highest BCUT2D eigenvalue weighted by Crippen LogP contribution is 2.34. The quantitative estimate of drug-likeness (QED) is 0.628. The molecule has 1 amide bonds. The van der Waals surface area contributed by atoms with E-state index in [1.807, 2.05) is 18.7 Å². The number of nitrogens with one attached hydrogen (secondary N) is 1. The highest BCUT2D eigenvalue weighted by Gasteiger charge is 2.40. The van der Waals surface area contributed by atoms with Gasteiger partial charge in [-0.05, 0) is 52.7 Å². The minimum absolute atomic E-state index is 0.206. The summed E-state index contributed by atoms with van der Waals surface area (Å²) >= 11 is 0. The number of benzene rings is 1. The van der Waals surface area contributed by atoms with Crippen LogP contribution in [-0.2, 0) is 11.0 Å². The maximum absolute atomic E-state index is 14.6. The normalized spacial score (nSPS) is 22.1. The number of hydrogen-bond donors (Lipinski definition) is 2. The van der Waals surface area contributed by atoms with Gasteiger partial charge in [0.2, 0.25) is 0 Å². The number of hydrazone groups is 1. The van der Waals surface area contributed by atoms with Crippen LogP contribution in [0.3, 0.4) is 0 Å². The van der Waals surface area contributed by atoms with Crippen LogP contribution in [0.1, 0.15) is 57.7 Å². The molecule has 3 aliphatic heterocycles. The van der Waals surface area contributed by atoms with Crippen molar-refractivity contribution >= 4 is 17.6 Å². The maximum atomic E-state index is 14.6. The molecule has 1 aromatic rings. The summed E-state index contributed by atoms with van der Waals surface area (Å²) in [5.74, 6) is -1.10. The molecule has 3 aliphatic rings. The van der Waals surface area contributed by atoms with Crippen molar-refractivity contribution in [2.24, 2.45) is 10.1 Å². The molecule has 0 aromatic heterocycles. The fourth-order valence-electron chi connectivity index (χ4n) is 4.44. The Morgan fingerprint density at radius 2 is 1.86 bits per heavy atom. The number of alkyl halides is 3. The summed E-state index contributed by atoms with van der Waals surface area (Å²) in [5, 5.41) is 19.2. The lowest BCUT2D eigenvalue weighted by molar-refractivity contribution is -0.140. The van der Waals surface area contributed by atoms with Crippen LogP contribution in [0.4, 0.5) is 17.6 Å². The molecule has 190 valence electrons. The van der Waals surface area contributed by atoms with E-state index in [-0.39, 0.29) is 11.1 Å². The van der Waals surface area contributed by atoms with Crippen LogP contribution < -0.4 is 5.32 Å². The van der Waals surface area contributed by atoms with Gasteiger partial charge in [0.1, 0.15) is 11.7 Å². The Kier molecular flexibility index (Phi) is 6.19. The predicted octanol–water partition coefficient (Wildman–Crippen LogP) is 3.61. The first kappa shape index (κ1) is 25.2. The number of halogens is 4. The van der Waals surface area contributed by atoms with E-state index in [0.717, 1.165) is 6.07 Å². The Morgan fingerprint density at radius 1 is 1.20 bits per heavy atom. The molecule has 11 heteroatoms. The predicted molar refractivity (Wildman–Crippen MR) is 123 cm³/mol. The lowest BCUT2D eigenvalue weighted by atomic mass is 9.93. The summed E-state index contributed by atoms with van der Waals surface area (Å²) in [7, 11) is 0. The summed E-state index contributed by atoms with van der Waals surface area (Å²) in [6, 6.07) is 1.98. The second-order valence-corrected chi connectivity index (χ2v) is 10.2. The number of piperidine rings is 1. The molecule has 1 aromatic carbocycles. The van der Waals surface area contributed by atoms with E-state index in [2.05, 4.69) is 15.4 Å². The van der Waals surface area contributed by atoms with Gasteiger partial charge in [-0.3, -0.25) is 9.79 Å². The van der Waals surface area contributed by atoms with Crippen molar-refractivity contribution in [2.75, 3.05) is 19.6 Å². The average Bonchev–Trinajstić information content (AvgIpc) is 3.05. The average molecular weight is 496 g/mol. The van der Waals surface area contributed by atoms with E-state index >= 15 is 0 Å². The van der Waals surface area contributed by atoms with Gasteiger partial charge in [0.15, 0.2) is 5.84 Å². The van der Waals surface area contributed by atoms with Crippen LogP contribution in [0.5, 0.6) is 0 Å². The molecule has 0 spiro atoms. The first-order chi connectivity index (χ1) is 16.2. The van der Waals surface area contributed by atoms with Crippen molar-refractivity contribution in [2.45, 2.75) is 63.9 Å². The minimum atomic E-state index is -4.84. The molecule has 0 aliphatic carbocycles. The summed E-state index contributed by atoms with van der Waals surface area (Å²) in [4.78, 5) is 19.9. The highest BCUT2D eigenvalue weighted by atomic mass is 19.4. The largest absolute Gasteiger partial charge is 0.419 e. The zero-order valence-electron chi connectivity index (χ0n) is 20.1. The fourth-order valence-corrected chi connectivity index (χ4v) is 4.44. The van der Waals surface area contributed by atoms with Gasteiger partial charge >= 0.3 is 6.18 Å². The maximum Gasteiger partial charge on any atom is 0.419 e. The summed E-state index contributed by atoms with van der Waals surface area (Å²) in [6.45, 7) is 8.56. The SMILES string of the molecule is C[C@@H](NC(=O)C1=CC(N2CCC(C)(O)CC2)=NN2CC(C)(C)N=C12)c1cccc(C(F)(F)F)c1F.